The molecule has 4 aliphatic rings. The first kappa shape index (κ1) is 31.6. The predicted molar refractivity (Wildman–Crippen MR) is 181 cm³/mol. The summed E-state index contributed by atoms with van der Waals surface area (Å²) in [6.07, 6.45) is 6.70. The molecule has 0 radical (unpaired) electrons. The Kier molecular flexibility index (Phi) is 7.41. The van der Waals surface area contributed by atoms with E-state index in [0.29, 0.717) is 12.3 Å². The average molecular weight is 607 g/mol. The highest BCUT2D eigenvalue weighted by Crippen LogP contribution is 2.64. The summed E-state index contributed by atoms with van der Waals surface area (Å²) in [6.45, 7) is 25.6. The minimum absolute atomic E-state index is 0.00501. The summed E-state index contributed by atoms with van der Waals surface area (Å²) in [4.78, 5) is 1.57. The van der Waals surface area contributed by atoms with Crippen molar-refractivity contribution in [1.29, 1.82) is 0 Å². The third kappa shape index (κ3) is 5.05. The van der Waals surface area contributed by atoms with Gasteiger partial charge in [-0.05, 0) is 110 Å². The Labute approximate surface area is 265 Å². The molecular weight excluding hydrogens is 551 g/mol. The van der Waals surface area contributed by atoms with E-state index in [2.05, 4.69) is 112 Å². The molecule has 2 aromatic carbocycles. The van der Waals surface area contributed by atoms with E-state index in [4.69, 9.17) is 0 Å². The largest absolute Gasteiger partial charge is 0.255 e. The molecule has 2 fully saturated rings. The lowest BCUT2D eigenvalue weighted by molar-refractivity contribution is -0.0137. The molecule has 0 aromatic heterocycles. The molecule has 2 saturated carbocycles. The fraction of sp³-hybridized carbons (Fsp3) is 0.700. The molecule has 236 valence electrons. The molecule has 5 atom stereocenters. The first-order chi connectivity index (χ1) is 19.8. The number of rotatable bonds is 5. The van der Waals surface area contributed by atoms with Crippen LogP contribution in [-0.4, -0.2) is 11.2 Å². The fourth-order valence-corrected chi connectivity index (χ4v) is 11.5. The van der Waals surface area contributed by atoms with Gasteiger partial charge in [-0.15, -0.1) is 11.8 Å². The number of alkyl halides is 2. The SMILES string of the molecule is CC1c2c(C(C)(C)C)ccc(C(C)(C)CCC(C)(C)c3ccc(C(C)(C)C)c4c3SC3CCCC43)c2C2C1CCC2(F)F. The Hall–Kier alpha value is -1.35. The van der Waals surface area contributed by atoms with E-state index in [0.717, 1.165) is 23.7 Å². The van der Waals surface area contributed by atoms with Crippen LogP contribution in [0.25, 0.3) is 0 Å². The van der Waals surface area contributed by atoms with Gasteiger partial charge in [-0.1, -0.05) is 107 Å². The zero-order valence-electron chi connectivity index (χ0n) is 28.8. The van der Waals surface area contributed by atoms with Crippen molar-refractivity contribution in [3.8, 4) is 0 Å². The van der Waals surface area contributed by atoms with Crippen LogP contribution in [-0.2, 0) is 21.7 Å². The van der Waals surface area contributed by atoms with Crippen molar-refractivity contribution in [3.63, 3.8) is 0 Å². The molecule has 5 unspecified atom stereocenters. The molecule has 0 N–H and O–H groups in total. The third-order valence-corrected chi connectivity index (χ3v) is 13.7. The number of benzene rings is 2. The van der Waals surface area contributed by atoms with Crippen LogP contribution >= 0.6 is 11.8 Å². The summed E-state index contributed by atoms with van der Waals surface area (Å²) in [5, 5.41) is 0.733. The van der Waals surface area contributed by atoms with Crippen LogP contribution in [0.3, 0.4) is 0 Å². The lowest BCUT2D eigenvalue weighted by atomic mass is 9.68. The van der Waals surface area contributed by atoms with E-state index in [1.54, 1.807) is 16.0 Å². The number of halogens is 2. The van der Waals surface area contributed by atoms with Gasteiger partial charge in [0, 0.05) is 16.6 Å². The lowest BCUT2D eigenvalue weighted by Gasteiger charge is -2.37. The molecular formula is C40H56F2S. The van der Waals surface area contributed by atoms with Gasteiger partial charge in [0.05, 0.1) is 5.92 Å². The molecule has 0 amide bonds. The van der Waals surface area contributed by atoms with Gasteiger partial charge in [-0.2, -0.15) is 0 Å². The van der Waals surface area contributed by atoms with Gasteiger partial charge in [0.25, 0.3) is 5.92 Å². The normalized spacial score (nSPS) is 28.2. The molecule has 1 aliphatic heterocycles. The Bertz CT molecular complexity index is 1420. The van der Waals surface area contributed by atoms with Crippen LogP contribution in [0.1, 0.15) is 178 Å². The molecule has 1 heterocycles. The van der Waals surface area contributed by atoms with Crippen molar-refractivity contribution >= 4 is 11.8 Å². The van der Waals surface area contributed by atoms with Gasteiger partial charge in [0.1, 0.15) is 0 Å². The number of fused-ring (bicyclic) bond motifs is 6. The van der Waals surface area contributed by atoms with Gasteiger partial charge in [0.2, 0.25) is 0 Å². The maximum atomic E-state index is 15.7. The van der Waals surface area contributed by atoms with Crippen molar-refractivity contribution < 1.29 is 8.78 Å². The zero-order valence-corrected chi connectivity index (χ0v) is 29.6. The van der Waals surface area contributed by atoms with Crippen molar-refractivity contribution in [3.05, 3.63) is 63.2 Å². The first-order valence-electron chi connectivity index (χ1n) is 17.2. The first-order valence-corrected chi connectivity index (χ1v) is 18.0. The van der Waals surface area contributed by atoms with Crippen molar-refractivity contribution in [2.75, 3.05) is 0 Å². The van der Waals surface area contributed by atoms with E-state index in [1.165, 1.54) is 41.5 Å². The molecule has 3 heteroatoms. The zero-order chi connectivity index (χ0) is 31.5. The topological polar surface area (TPSA) is 0 Å². The summed E-state index contributed by atoms with van der Waals surface area (Å²) in [5.74, 6) is -2.30. The van der Waals surface area contributed by atoms with Crippen LogP contribution < -0.4 is 0 Å². The summed E-state index contributed by atoms with van der Waals surface area (Å²) in [5.41, 5.74) is 9.34. The van der Waals surface area contributed by atoms with E-state index < -0.39 is 11.8 Å². The average Bonchev–Trinajstić information content (AvgIpc) is 3.62. The van der Waals surface area contributed by atoms with Crippen LogP contribution in [0.2, 0.25) is 0 Å². The van der Waals surface area contributed by atoms with Gasteiger partial charge in [-0.3, -0.25) is 0 Å². The van der Waals surface area contributed by atoms with Crippen molar-refractivity contribution in [2.24, 2.45) is 5.92 Å². The van der Waals surface area contributed by atoms with Crippen molar-refractivity contribution in [2.45, 2.75) is 177 Å². The minimum atomic E-state index is -2.62. The summed E-state index contributed by atoms with van der Waals surface area (Å²) in [7, 11) is 0. The Balaban J connectivity index is 1.37. The lowest BCUT2D eigenvalue weighted by Crippen LogP contribution is -2.29. The molecule has 2 aromatic rings. The molecule has 6 rings (SSSR count). The van der Waals surface area contributed by atoms with Gasteiger partial charge < -0.3 is 0 Å². The van der Waals surface area contributed by atoms with E-state index in [9.17, 15) is 0 Å². The second-order valence-electron chi connectivity index (χ2n) is 18.1. The Morgan fingerprint density at radius 3 is 1.84 bits per heavy atom. The highest BCUT2D eigenvalue weighted by molar-refractivity contribution is 8.00. The molecule has 0 bridgehead atoms. The highest BCUT2D eigenvalue weighted by atomic mass is 32.2. The number of thioether (sulfide) groups is 1. The molecule has 0 spiro atoms. The summed E-state index contributed by atoms with van der Waals surface area (Å²) < 4.78 is 31.4. The van der Waals surface area contributed by atoms with Gasteiger partial charge in [0.15, 0.2) is 0 Å². The van der Waals surface area contributed by atoms with E-state index in [-0.39, 0.29) is 39.9 Å². The van der Waals surface area contributed by atoms with Crippen LogP contribution in [0, 0.1) is 5.92 Å². The minimum Gasteiger partial charge on any atom is -0.206 e. The summed E-state index contributed by atoms with van der Waals surface area (Å²) >= 11 is 2.17. The molecule has 3 aliphatic carbocycles. The molecule has 43 heavy (non-hydrogen) atoms. The van der Waals surface area contributed by atoms with Crippen LogP contribution in [0.15, 0.2) is 29.2 Å². The maximum absolute atomic E-state index is 15.7. The van der Waals surface area contributed by atoms with Crippen molar-refractivity contribution in [1.82, 2.24) is 0 Å². The third-order valence-electron chi connectivity index (χ3n) is 12.1. The van der Waals surface area contributed by atoms with Gasteiger partial charge >= 0.3 is 0 Å². The highest BCUT2D eigenvalue weighted by Gasteiger charge is 2.58. The standard InChI is InChI=1S/C40H56F2S/c1-23-24-19-20-40(41,42)34(24)33-28(17-15-26(31(23)33)36(2,3)4)38(8,9)21-22-39(10,11)29-18-16-27(37(5,6)7)32-25-13-12-14-30(25)43-35(29)32/h15-18,23-25,30,34H,12-14,19-22H2,1-11H3. The quantitative estimate of drug-likeness (QED) is 0.326. The van der Waals surface area contributed by atoms with Gasteiger partial charge in [-0.25, -0.2) is 8.78 Å². The second-order valence-corrected chi connectivity index (χ2v) is 19.3. The monoisotopic (exact) mass is 606 g/mol. The molecule has 0 saturated heterocycles. The van der Waals surface area contributed by atoms with E-state index in [1.807, 2.05) is 0 Å². The fourth-order valence-electron chi connectivity index (χ4n) is 9.60. The number of hydrogen-bond donors (Lipinski definition) is 0. The smallest absolute Gasteiger partial charge is 0.206 e. The Morgan fingerprint density at radius 2 is 1.23 bits per heavy atom. The van der Waals surface area contributed by atoms with E-state index >= 15 is 8.78 Å². The van der Waals surface area contributed by atoms with Crippen LogP contribution in [0.5, 0.6) is 0 Å². The maximum Gasteiger partial charge on any atom is 0.255 e. The summed E-state index contributed by atoms with van der Waals surface area (Å²) in [6, 6.07) is 9.44. The van der Waals surface area contributed by atoms with Crippen LogP contribution in [0.4, 0.5) is 8.78 Å². The second kappa shape index (κ2) is 10.1. The number of hydrogen-bond acceptors (Lipinski definition) is 1. The molecule has 0 nitrogen and oxygen atoms in total. The predicted octanol–water partition coefficient (Wildman–Crippen LogP) is 12.3. The Morgan fingerprint density at radius 1 is 0.698 bits per heavy atom.